The summed E-state index contributed by atoms with van der Waals surface area (Å²) in [5, 5.41) is 1.09. The fourth-order valence-electron chi connectivity index (χ4n) is 5.51. The number of nitrogens with two attached hydrogens (primary N) is 1. The van der Waals surface area contributed by atoms with E-state index in [-0.39, 0.29) is 5.91 Å². The van der Waals surface area contributed by atoms with Crippen molar-refractivity contribution in [1.29, 1.82) is 0 Å². The Hall–Kier alpha value is -1.81. The van der Waals surface area contributed by atoms with Crippen molar-refractivity contribution < 1.29 is 9.21 Å². The van der Waals surface area contributed by atoms with Gasteiger partial charge in [0.25, 0.3) is 0 Å². The zero-order valence-corrected chi connectivity index (χ0v) is 13.4. The number of hydrogen-bond donors (Lipinski definition) is 1. The van der Waals surface area contributed by atoms with Gasteiger partial charge in [0.05, 0.1) is 0 Å². The molecule has 3 fully saturated rings. The molecule has 1 amide bonds. The number of carbonyl (C=O) groups is 1. The predicted molar refractivity (Wildman–Crippen MR) is 88.4 cm³/mol. The van der Waals surface area contributed by atoms with Crippen LogP contribution in [-0.2, 0) is 6.42 Å². The van der Waals surface area contributed by atoms with Gasteiger partial charge in [0.1, 0.15) is 11.3 Å². The third kappa shape index (κ3) is 1.84. The Labute approximate surface area is 135 Å². The van der Waals surface area contributed by atoms with E-state index in [9.17, 15) is 4.79 Å². The van der Waals surface area contributed by atoms with Crippen molar-refractivity contribution in [3.8, 4) is 0 Å². The average molecular weight is 310 g/mol. The number of fused-ring (bicyclic) bond motifs is 4. The van der Waals surface area contributed by atoms with Crippen molar-refractivity contribution in [3.05, 3.63) is 35.1 Å². The molecule has 4 heterocycles. The van der Waals surface area contributed by atoms with Crippen LogP contribution in [0.5, 0.6) is 0 Å². The van der Waals surface area contributed by atoms with Crippen LogP contribution in [0, 0.1) is 11.8 Å². The van der Waals surface area contributed by atoms with Gasteiger partial charge in [-0.2, -0.15) is 0 Å². The number of nitrogens with zero attached hydrogens (tertiary/aromatic N) is 1. The number of benzene rings is 1. The molecule has 23 heavy (non-hydrogen) atoms. The van der Waals surface area contributed by atoms with Crippen LogP contribution in [0.2, 0.25) is 0 Å². The molecule has 2 N–H and O–H groups in total. The summed E-state index contributed by atoms with van der Waals surface area (Å²) in [6, 6.07) is 6.23. The highest BCUT2D eigenvalue weighted by atomic mass is 16.3. The van der Waals surface area contributed by atoms with Crippen LogP contribution in [0.4, 0.5) is 0 Å². The molecule has 1 aromatic heterocycles. The van der Waals surface area contributed by atoms with Crippen molar-refractivity contribution in [1.82, 2.24) is 4.90 Å². The fraction of sp³-hybridized carbons (Fsp3) is 0.526. The van der Waals surface area contributed by atoms with Gasteiger partial charge >= 0.3 is 0 Å². The van der Waals surface area contributed by atoms with E-state index in [1.807, 2.05) is 12.1 Å². The molecule has 3 aliphatic heterocycles. The number of hydrogen-bond acceptors (Lipinski definition) is 3. The van der Waals surface area contributed by atoms with Gasteiger partial charge in [0.2, 0.25) is 5.91 Å². The van der Waals surface area contributed by atoms with Crippen LogP contribution in [0.25, 0.3) is 11.0 Å². The third-order valence-electron chi connectivity index (χ3n) is 6.29. The minimum Gasteiger partial charge on any atom is -0.460 e. The van der Waals surface area contributed by atoms with E-state index in [1.165, 1.54) is 30.7 Å². The quantitative estimate of drug-likeness (QED) is 0.881. The lowest BCUT2D eigenvalue weighted by molar-refractivity contribution is -0.00881. The zero-order chi connectivity index (χ0) is 15.7. The minimum absolute atomic E-state index is 0.370. The maximum atomic E-state index is 11.5. The van der Waals surface area contributed by atoms with Gasteiger partial charge in [0, 0.05) is 41.6 Å². The van der Waals surface area contributed by atoms with Crippen molar-refractivity contribution in [2.45, 2.75) is 38.1 Å². The van der Waals surface area contributed by atoms with E-state index in [1.54, 1.807) is 6.07 Å². The maximum absolute atomic E-state index is 11.5. The normalized spacial score (nSPS) is 35.1. The Morgan fingerprint density at radius 3 is 3.00 bits per heavy atom. The van der Waals surface area contributed by atoms with E-state index in [2.05, 4.69) is 11.8 Å². The van der Waals surface area contributed by atoms with E-state index in [4.69, 9.17) is 10.2 Å². The molecule has 1 aliphatic carbocycles. The van der Waals surface area contributed by atoms with Crippen LogP contribution in [-0.4, -0.2) is 29.9 Å². The molecule has 4 aliphatic rings. The fourth-order valence-corrected chi connectivity index (χ4v) is 5.51. The Balaban J connectivity index is 1.69. The zero-order valence-electron chi connectivity index (χ0n) is 13.4. The highest BCUT2D eigenvalue weighted by Gasteiger charge is 2.48. The second kappa shape index (κ2) is 4.60. The minimum atomic E-state index is -0.370. The first-order valence-corrected chi connectivity index (χ1v) is 8.71. The van der Waals surface area contributed by atoms with Gasteiger partial charge in [-0.15, -0.1) is 0 Å². The molecule has 4 bridgehead atoms. The molecule has 0 radical (unpaired) electrons. The molecule has 1 saturated carbocycles. The molecule has 2 unspecified atom stereocenters. The molecule has 0 spiro atoms. The first-order chi connectivity index (χ1) is 11.1. The first-order valence-electron chi connectivity index (χ1n) is 8.71. The smallest absolute Gasteiger partial charge is 0.248 e. The SMILES string of the molecule is C[C@H]1C[C@H]2C[C@H]3c4oc5ccc(C(N)=O)cc5c4CCN(C2)C13. The highest BCUT2D eigenvalue weighted by molar-refractivity contribution is 5.97. The highest BCUT2D eigenvalue weighted by Crippen LogP contribution is 2.50. The van der Waals surface area contributed by atoms with Crippen LogP contribution in [0.3, 0.4) is 0 Å². The molecular weight excluding hydrogens is 288 g/mol. The number of furan rings is 1. The van der Waals surface area contributed by atoms with Crippen molar-refractivity contribution in [2.75, 3.05) is 13.1 Å². The van der Waals surface area contributed by atoms with Gasteiger partial charge in [0.15, 0.2) is 0 Å². The molecule has 5 atom stereocenters. The number of primary amides is 1. The molecular formula is C19H22N2O2. The summed E-state index contributed by atoms with van der Waals surface area (Å²) in [6.45, 7) is 4.75. The summed E-state index contributed by atoms with van der Waals surface area (Å²) in [7, 11) is 0. The van der Waals surface area contributed by atoms with Crippen molar-refractivity contribution in [3.63, 3.8) is 0 Å². The number of rotatable bonds is 1. The van der Waals surface area contributed by atoms with Crippen LogP contribution >= 0.6 is 0 Å². The molecule has 120 valence electrons. The molecule has 2 aromatic rings. The van der Waals surface area contributed by atoms with Crippen LogP contribution in [0.1, 0.15) is 47.4 Å². The van der Waals surface area contributed by atoms with Crippen molar-refractivity contribution >= 4 is 16.9 Å². The number of carbonyl (C=O) groups excluding carboxylic acids is 1. The molecule has 4 heteroatoms. The summed E-state index contributed by atoms with van der Waals surface area (Å²) in [4.78, 5) is 14.2. The van der Waals surface area contributed by atoms with Crippen molar-refractivity contribution in [2.24, 2.45) is 17.6 Å². The van der Waals surface area contributed by atoms with E-state index >= 15 is 0 Å². The average Bonchev–Trinajstić information content (AvgIpc) is 2.85. The predicted octanol–water partition coefficient (Wildman–Crippen LogP) is 2.90. The molecule has 6 rings (SSSR count). The number of amides is 1. The Morgan fingerprint density at radius 2 is 2.22 bits per heavy atom. The van der Waals surface area contributed by atoms with Crippen LogP contribution < -0.4 is 5.73 Å². The lowest BCUT2D eigenvalue weighted by atomic mass is 9.67. The number of piperidine rings is 2. The second-order valence-corrected chi connectivity index (χ2v) is 7.68. The van der Waals surface area contributed by atoms with Gasteiger partial charge in [-0.25, -0.2) is 0 Å². The summed E-state index contributed by atoms with van der Waals surface area (Å²) in [6.07, 6.45) is 3.62. The summed E-state index contributed by atoms with van der Waals surface area (Å²) < 4.78 is 6.31. The molecule has 2 saturated heterocycles. The first kappa shape index (κ1) is 13.6. The lowest BCUT2D eigenvalue weighted by Crippen LogP contribution is -2.55. The summed E-state index contributed by atoms with van der Waals surface area (Å²) >= 11 is 0. The molecule has 1 aromatic carbocycles. The van der Waals surface area contributed by atoms with Crippen LogP contribution in [0.15, 0.2) is 22.6 Å². The van der Waals surface area contributed by atoms with Gasteiger partial charge < -0.3 is 10.2 Å². The van der Waals surface area contributed by atoms with E-state index in [0.717, 1.165) is 35.8 Å². The third-order valence-corrected chi connectivity index (χ3v) is 6.29. The van der Waals surface area contributed by atoms with Gasteiger partial charge in [-0.1, -0.05) is 6.92 Å². The molecule has 4 nitrogen and oxygen atoms in total. The van der Waals surface area contributed by atoms with Gasteiger partial charge in [-0.3, -0.25) is 9.69 Å². The Morgan fingerprint density at radius 1 is 1.35 bits per heavy atom. The summed E-state index contributed by atoms with van der Waals surface area (Å²) in [5.74, 6) is 2.88. The maximum Gasteiger partial charge on any atom is 0.248 e. The lowest BCUT2D eigenvalue weighted by Gasteiger charge is -2.52. The van der Waals surface area contributed by atoms with E-state index in [0.29, 0.717) is 17.5 Å². The second-order valence-electron chi connectivity index (χ2n) is 7.68. The van der Waals surface area contributed by atoms with E-state index < -0.39 is 0 Å². The monoisotopic (exact) mass is 310 g/mol. The topological polar surface area (TPSA) is 59.5 Å². The summed E-state index contributed by atoms with van der Waals surface area (Å²) in [5.41, 5.74) is 8.25. The largest absolute Gasteiger partial charge is 0.460 e. The standard InChI is InChI=1S/C19H22N2O2/c1-10-6-11-7-15-17(10)21(9-11)5-4-13-14-8-12(19(20)22)2-3-16(14)23-18(13)15/h2-3,8,10-11,15,17H,4-7,9H2,1H3,(H2,20,22)/t10-,11-,15+,17?/m0/s1. The Bertz CT molecular complexity index is 809. The van der Waals surface area contributed by atoms with Gasteiger partial charge in [-0.05, 0) is 49.3 Å². The Kier molecular flexibility index (Phi) is 2.72.